The van der Waals surface area contributed by atoms with Crippen molar-refractivity contribution in [2.24, 2.45) is 11.8 Å². The molecule has 22 heavy (non-hydrogen) atoms. The minimum absolute atomic E-state index is 0.0237. The van der Waals surface area contributed by atoms with Crippen LogP contribution in [0.3, 0.4) is 0 Å². The van der Waals surface area contributed by atoms with Crippen LogP contribution in [0.25, 0.3) is 0 Å². The molecular formula is C20H23NO. The van der Waals surface area contributed by atoms with E-state index in [0.29, 0.717) is 11.8 Å². The van der Waals surface area contributed by atoms with Gasteiger partial charge in [-0.25, -0.2) is 0 Å². The molecule has 2 aromatic carbocycles. The largest absolute Gasteiger partial charge is 0.393 e. The minimum atomic E-state index is -0.166. The number of rotatable bonds is 2. The molecule has 1 aliphatic carbocycles. The summed E-state index contributed by atoms with van der Waals surface area (Å²) < 4.78 is 0. The fourth-order valence-electron chi connectivity index (χ4n) is 4.77. The molecule has 1 heterocycles. The van der Waals surface area contributed by atoms with Crippen molar-refractivity contribution in [3.05, 3.63) is 71.8 Å². The van der Waals surface area contributed by atoms with Crippen molar-refractivity contribution in [1.82, 2.24) is 5.32 Å². The molecule has 0 spiro atoms. The molecule has 2 nitrogen and oxygen atoms in total. The average Bonchev–Trinajstić information content (AvgIpc) is 3.08. The molecule has 2 aromatic rings. The van der Waals surface area contributed by atoms with E-state index in [0.717, 1.165) is 25.9 Å². The Balaban J connectivity index is 1.90. The molecule has 1 aliphatic heterocycles. The van der Waals surface area contributed by atoms with Crippen LogP contribution in [-0.4, -0.2) is 24.3 Å². The summed E-state index contributed by atoms with van der Waals surface area (Å²) >= 11 is 0. The third kappa shape index (κ3) is 2.02. The summed E-state index contributed by atoms with van der Waals surface area (Å²) in [5, 5.41) is 14.0. The van der Waals surface area contributed by atoms with Crippen molar-refractivity contribution < 1.29 is 5.11 Å². The maximum Gasteiger partial charge on any atom is 0.0584 e. The predicted molar refractivity (Wildman–Crippen MR) is 88.8 cm³/mol. The Labute approximate surface area is 132 Å². The second kappa shape index (κ2) is 5.53. The van der Waals surface area contributed by atoms with Gasteiger partial charge in [0, 0.05) is 17.9 Å². The minimum Gasteiger partial charge on any atom is -0.393 e. The molecule has 2 aliphatic rings. The van der Waals surface area contributed by atoms with E-state index in [1.807, 2.05) is 0 Å². The fraction of sp³-hybridized carbons (Fsp3) is 0.400. The molecule has 114 valence electrons. The maximum atomic E-state index is 10.5. The van der Waals surface area contributed by atoms with E-state index in [1.54, 1.807) is 0 Å². The average molecular weight is 293 g/mol. The Morgan fingerprint density at radius 3 is 2.05 bits per heavy atom. The lowest BCUT2D eigenvalue weighted by Crippen LogP contribution is -2.48. The molecule has 0 amide bonds. The van der Waals surface area contributed by atoms with Gasteiger partial charge in [-0.2, -0.15) is 0 Å². The van der Waals surface area contributed by atoms with E-state index in [9.17, 15) is 5.11 Å². The molecule has 0 aromatic heterocycles. The van der Waals surface area contributed by atoms with Crippen LogP contribution in [0.15, 0.2) is 60.7 Å². The summed E-state index contributed by atoms with van der Waals surface area (Å²) in [5.41, 5.74) is 2.81. The highest BCUT2D eigenvalue weighted by Crippen LogP contribution is 2.51. The van der Waals surface area contributed by atoms with Crippen molar-refractivity contribution in [3.63, 3.8) is 0 Å². The summed E-state index contributed by atoms with van der Waals surface area (Å²) in [7, 11) is 0. The second-order valence-corrected chi connectivity index (χ2v) is 6.74. The predicted octanol–water partition coefficient (Wildman–Crippen LogP) is 2.96. The van der Waals surface area contributed by atoms with Crippen LogP contribution in [0.4, 0.5) is 0 Å². The highest BCUT2D eigenvalue weighted by Gasteiger charge is 2.52. The van der Waals surface area contributed by atoms with E-state index in [4.69, 9.17) is 0 Å². The van der Waals surface area contributed by atoms with E-state index in [-0.39, 0.29) is 11.5 Å². The van der Waals surface area contributed by atoms with Crippen molar-refractivity contribution >= 4 is 0 Å². The first-order valence-electron chi connectivity index (χ1n) is 8.32. The lowest BCUT2D eigenvalue weighted by Gasteiger charge is -2.48. The quantitative estimate of drug-likeness (QED) is 0.892. The van der Waals surface area contributed by atoms with E-state index < -0.39 is 0 Å². The summed E-state index contributed by atoms with van der Waals surface area (Å²) in [4.78, 5) is 0. The zero-order chi connectivity index (χ0) is 15.0. The Morgan fingerprint density at radius 1 is 0.864 bits per heavy atom. The van der Waals surface area contributed by atoms with Crippen LogP contribution in [-0.2, 0) is 5.41 Å². The SMILES string of the molecule is O[C@@H]1CCC(c2ccccc2)(c2ccccc2)[C@@H]2CNCC12. The molecular weight excluding hydrogens is 270 g/mol. The molecule has 0 radical (unpaired) electrons. The Kier molecular flexibility index (Phi) is 3.51. The Morgan fingerprint density at radius 2 is 1.45 bits per heavy atom. The van der Waals surface area contributed by atoms with Gasteiger partial charge in [0.25, 0.3) is 0 Å². The van der Waals surface area contributed by atoms with Crippen LogP contribution >= 0.6 is 0 Å². The van der Waals surface area contributed by atoms with Crippen LogP contribution in [0, 0.1) is 11.8 Å². The standard InChI is InChI=1S/C20H23NO/c22-19-11-12-20(15-7-3-1-4-8-15,16-9-5-2-6-10-16)18-14-21-13-17(18)19/h1-10,17-19,21-22H,11-14H2/t17?,18-,19-/m1/s1. The zero-order valence-corrected chi connectivity index (χ0v) is 12.8. The van der Waals surface area contributed by atoms with E-state index in [1.165, 1.54) is 11.1 Å². The van der Waals surface area contributed by atoms with Crippen molar-refractivity contribution in [3.8, 4) is 0 Å². The number of benzene rings is 2. The topological polar surface area (TPSA) is 32.3 Å². The lowest BCUT2D eigenvalue weighted by atomic mass is 9.56. The summed E-state index contributed by atoms with van der Waals surface area (Å²) in [6.45, 7) is 1.93. The summed E-state index contributed by atoms with van der Waals surface area (Å²) in [5.74, 6) is 0.815. The van der Waals surface area contributed by atoms with Gasteiger partial charge in [0.1, 0.15) is 0 Å². The third-order valence-electron chi connectivity index (χ3n) is 5.80. The first-order chi connectivity index (χ1) is 10.8. The van der Waals surface area contributed by atoms with E-state index in [2.05, 4.69) is 66.0 Å². The van der Waals surface area contributed by atoms with Crippen molar-refractivity contribution in [1.29, 1.82) is 0 Å². The van der Waals surface area contributed by atoms with Crippen molar-refractivity contribution in [2.75, 3.05) is 13.1 Å². The molecule has 2 N–H and O–H groups in total. The number of hydrogen-bond acceptors (Lipinski definition) is 2. The fourth-order valence-corrected chi connectivity index (χ4v) is 4.77. The lowest BCUT2D eigenvalue weighted by molar-refractivity contribution is 0.0238. The smallest absolute Gasteiger partial charge is 0.0584 e. The van der Waals surface area contributed by atoms with Crippen LogP contribution in [0.2, 0.25) is 0 Å². The molecule has 0 bridgehead atoms. The van der Waals surface area contributed by atoms with Crippen LogP contribution in [0.5, 0.6) is 0 Å². The Bertz CT molecular complexity index is 585. The number of nitrogens with one attached hydrogen (secondary N) is 1. The van der Waals surface area contributed by atoms with Crippen LogP contribution in [0.1, 0.15) is 24.0 Å². The highest BCUT2D eigenvalue weighted by molar-refractivity contribution is 5.42. The van der Waals surface area contributed by atoms with Gasteiger partial charge in [0.2, 0.25) is 0 Å². The number of hydrogen-bond donors (Lipinski definition) is 2. The monoisotopic (exact) mass is 293 g/mol. The number of fused-ring (bicyclic) bond motifs is 1. The first-order valence-corrected chi connectivity index (χ1v) is 8.32. The Hall–Kier alpha value is -1.64. The second-order valence-electron chi connectivity index (χ2n) is 6.74. The van der Waals surface area contributed by atoms with Gasteiger partial charge in [0.15, 0.2) is 0 Å². The molecule has 2 fully saturated rings. The molecule has 1 saturated heterocycles. The number of aliphatic hydroxyl groups excluding tert-OH is 1. The van der Waals surface area contributed by atoms with Gasteiger partial charge in [-0.3, -0.25) is 0 Å². The summed E-state index contributed by atoms with van der Waals surface area (Å²) in [6, 6.07) is 21.8. The van der Waals surface area contributed by atoms with E-state index >= 15 is 0 Å². The van der Waals surface area contributed by atoms with Gasteiger partial charge in [-0.05, 0) is 36.4 Å². The highest BCUT2D eigenvalue weighted by atomic mass is 16.3. The molecule has 1 saturated carbocycles. The molecule has 1 unspecified atom stereocenters. The van der Waals surface area contributed by atoms with Gasteiger partial charge < -0.3 is 10.4 Å². The molecule has 3 atom stereocenters. The number of aliphatic hydroxyl groups is 1. The van der Waals surface area contributed by atoms with Crippen molar-refractivity contribution in [2.45, 2.75) is 24.4 Å². The van der Waals surface area contributed by atoms with Gasteiger partial charge in [-0.1, -0.05) is 60.7 Å². The normalized spacial score (nSPS) is 30.0. The van der Waals surface area contributed by atoms with Gasteiger partial charge >= 0.3 is 0 Å². The van der Waals surface area contributed by atoms with Crippen LogP contribution < -0.4 is 5.32 Å². The maximum absolute atomic E-state index is 10.5. The zero-order valence-electron chi connectivity index (χ0n) is 12.8. The first kappa shape index (κ1) is 14.0. The van der Waals surface area contributed by atoms with Gasteiger partial charge in [-0.15, -0.1) is 0 Å². The third-order valence-corrected chi connectivity index (χ3v) is 5.80. The van der Waals surface area contributed by atoms with Gasteiger partial charge in [0.05, 0.1) is 6.10 Å². The summed E-state index contributed by atoms with van der Waals surface area (Å²) in [6.07, 6.45) is 1.73. The molecule has 2 heteroatoms. The molecule has 4 rings (SSSR count).